The Labute approximate surface area is 112 Å². The summed E-state index contributed by atoms with van der Waals surface area (Å²) in [5, 5.41) is 14.7. The van der Waals surface area contributed by atoms with Crippen molar-refractivity contribution in [2.45, 2.75) is 38.6 Å². The van der Waals surface area contributed by atoms with Gasteiger partial charge < -0.3 is 10.4 Å². The first-order chi connectivity index (χ1) is 9.04. The number of carbonyl (C=O) groups is 2. The number of hydrogen-bond donors (Lipinski definition) is 2. The Balaban J connectivity index is 4.43. The van der Waals surface area contributed by atoms with Crippen molar-refractivity contribution in [1.82, 2.24) is 5.32 Å². The molecular weight excluding hydrogens is 248 g/mol. The number of carbonyl (C=O) groups excluding carboxylic acids is 1. The van der Waals surface area contributed by atoms with E-state index in [1.807, 2.05) is 6.92 Å². The van der Waals surface area contributed by atoms with Crippen molar-refractivity contribution in [2.24, 2.45) is 11.0 Å². The van der Waals surface area contributed by atoms with E-state index >= 15 is 0 Å². The minimum absolute atomic E-state index is 0.0973. The molecule has 0 bridgehead atoms. The number of carboxylic acids is 1. The molecule has 0 aliphatic heterocycles. The van der Waals surface area contributed by atoms with Crippen LogP contribution in [0.25, 0.3) is 10.4 Å². The van der Waals surface area contributed by atoms with Crippen LogP contribution in [-0.2, 0) is 9.59 Å². The van der Waals surface area contributed by atoms with Crippen molar-refractivity contribution in [1.29, 1.82) is 0 Å². The summed E-state index contributed by atoms with van der Waals surface area (Å²) < 4.78 is 0. The Morgan fingerprint density at radius 1 is 1.58 bits per heavy atom. The Morgan fingerprint density at radius 3 is 2.74 bits per heavy atom. The number of aliphatic carboxylic acids is 1. The van der Waals surface area contributed by atoms with Crippen LogP contribution in [0.2, 0.25) is 0 Å². The minimum Gasteiger partial charge on any atom is -0.481 e. The zero-order valence-electron chi connectivity index (χ0n) is 11.1. The number of amides is 1. The van der Waals surface area contributed by atoms with Gasteiger partial charge in [0.25, 0.3) is 0 Å². The van der Waals surface area contributed by atoms with Crippen LogP contribution in [-0.4, -0.2) is 29.6 Å². The molecule has 0 heterocycles. The van der Waals surface area contributed by atoms with E-state index in [1.165, 1.54) is 0 Å². The third-order valence-corrected chi connectivity index (χ3v) is 2.70. The SMILES string of the molecule is C=CCC(CC(CC)N=[N+]=[N-])C(=O)NCCC(=O)O. The molecule has 0 aliphatic carbocycles. The molecule has 0 saturated carbocycles. The zero-order chi connectivity index (χ0) is 14.7. The van der Waals surface area contributed by atoms with Crippen LogP contribution in [0.15, 0.2) is 17.8 Å². The van der Waals surface area contributed by atoms with Crippen LogP contribution in [0.3, 0.4) is 0 Å². The molecule has 7 heteroatoms. The first kappa shape index (κ1) is 17.0. The summed E-state index contributed by atoms with van der Waals surface area (Å²) >= 11 is 0. The monoisotopic (exact) mass is 268 g/mol. The van der Waals surface area contributed by atoms with E-state index < -0.39 is 5.97 Å². The number of carboxylic acid groups (broad SMARTS) is 1. The van der Waals surface area contributed by atoms with E-state index in [4.69, 9.17) is 10.6 Å². The quantitative estimate of drug-likeness (QED) is 0.274. The van der Waals surface area contributed by atoms with E-state index in [9.17, 15) is 9.59 Å². The molecule has 19 heavy (non-hydrogen) atoms. The van der Waals surface area contributed by atoms with Gasteiger partial charge in [-0.25, -0.2) is 0 Å². The molecule has 0 aliphatic rings. The first-order valence-electron chi connectivity index (χ1n) is 6.19. The van der Waals surface area contributed by atoms with Gasteiger partial charge in [-0.05, 0) is 24.8 Å². The van der Waals surface area contributed by atoms with Crippen LogP contribution in [0.4, 0.5) is 0 Å². The molecule has 0 radical (unpaired) electrons. The van der Waals surface area contributed by atoms with Gasteiger partial charge >= 0.3 is 5.97 Å². The Kier molecular flexibility index (Phi) is 8.91. The highest BCUT2D eigenvalue weighted by Crippen LogP contribution is 2.17. The van der Waals surface area contributed by atoms with Crippen LogP contribution in [0.1, 0.15) is 32.6 Å². The second kappa shape index (κ2) is 9.96. The summed E-state index contributed by atoms with van der Waals surface area (Å²) in [4.78, 5) is 25.0. The van der Waals surface area contributed by atoms with Gasteiger partial charge in [0, 0.05) is 23.4 Å². The standard InChI is InChI=1S/C12H20N4O3/c1-3-5-9(8-10(4-2)15-16-13)12(19)14-7-6-11(17)18/h3,9-10H,1,4-8H2,2H3,(H,14,19)(H,17,18). The molecule has 2 atom stereocenters. The normalized spacial score (nSPS) is 12.9. The number of rotatable bonds is 10. The lowest BCUT2D eigenvalue weighted by Crippen LogP contribution is -2.33. The Bertz CT molecular complexity index is 364. The van der Waals surface area contributed by atoms with Gasteiger partial charge in [0.05, 0.1) is 6.42 Å². The lowest BCUT2D eigenvalue weighted by Gasteiger charge is -2.18. The van der Waals surface area contributed by atoms with Crippen LogP contribution in [0, 0.1) is 5.92 Å². The molecule has 0 aromatic carbocycles. The first-order valence-corrected chi connectivity index (χ1v) is 6.19. The summed E-state index contributed by atoms with van der Waals surface area (Å²) in [6.45, 7) is 5.57. The second-order valence-corrected chi connectivity index (χ2v) is 4.16. The third-order valence-electron chi connectivity index (χ3n) is 2.70. The number of azide groups is 1. The van der Waals surface area contributed by atoms with Gasteiger partial charge in [-0.3, -0.25) is 9.59 Å². The van der Waals surface area contributed by atoms with E-state index in [-0.39, 0.29) is 30.8 Å². The number of allylic oxidation sites excluding steroid dienone is 1. The van der Waals surface area contributed by atoms with Crippen molar-refractivity contribution < 1.29 is 14.7 Å². The van der Waals surface area contributed by atoms with Crippen molar-refractivity contribution in [3.63, 3.8) is 0 Å². The average Bonchev–Trinajstić information content (AvgIpc) is 2.36. The lowest BCUT2D eigenvalue weighted by molar-refractivity contribution is -0.137. The van der Waals surface area contributed by atoms with Crippen LogP contribution < -0.4 is 5.32 Å². The molecule has 2 unspecified atom stereocenters. The van der Waals surface area contributed by atoms with Gasteiger partial charge in [0.15, 0.2) is 0 Å². The molecule has 1 amide bonds. The molecule has 0 saturated heterocycles. The highest BCUT2D eigenvalue weighted by atomic mass is 16.4. The van der Waals surface area contributed by atoms with Crippen LogP contribution in [0.5, 0.6) is 0 Å². The topological polar surface area (TPSA) is 115 Å². The predicted octanol–water partition coefficient (Wildman–Crippen LogP) is 2.25. The average molecular weight is 268 g/mol. The molecular formula is C12H20N4O3. The fourth-order valence-corrected chi connectivity index (χ4v) is 1.65. The van der Waals surface area contributed by atoms with Gasteiger partial charge in [-0.1, -0.05) is 18.1 Å². The molecule has 0 rings (SSSR count). The highest BCUT2D eigenvalue weighted by Gasteiger charge is 2.20. The largest absolute Gasteiger partial charge is 0.481 e. The molecule has 106 valence electrons. The van der Waals surface area contributed by atoms with E-state index in [1.54, 1.807) is 6.08 Å². The molecule has 7 nitrogen and oxygen atoms in total. The van der Waals surface area contributed by atoms with E-state index in [0.717, 1.165) is 0 Å². The third kappa shape index (κ3) is 7.83. The van der Waals surface area contributed by atoms with Crippen molar-refractivity contribution >= 4 is 11.9 Å². The highest BCUT2D eigenvalue weighted by molar-refractivity contribution is 5.79. The lowest BCUT2D eigenvalue weighted by atomic mass is 9.94. The Hall–Kier alpha value is -2.01. The van der Waals surface area contributed by atoms with Gasteiger partial charge in [0.2, 0.25) is 5.91 Å². The second-order valence-electron chi connectivity index (χ2n) is 4.16. The summed E-state index contributed by atoms with van der Waals surface area (Å²) in [7, 11) is 0. The van der Waals surface area contributed by atoms with E-state index in [2.05, 4.69) is 21.9 Å². The molecule has 0 aromatic heterocycles. The maximum atomic E-state index is 11.9. The van der Waals surface area contributed by atoms with Crippen LogP contribution >= 0.6 is 0 Å². The number of nitrogens with zero attached hydrogens (tertiary/aromatic N) is 3. The number of nitrogens with one attached hydrogen (secondary N) is 1. The molecule has 0 fully saturated rings. The molecule has 0 spiro atoms. The van der Waals surface area contributed by atoms with Crippen molar-refractivity contribution in [3.8, 4) is 0 Å². The maximum absolute atomic E-state index is 11.9. The van der Waals surface area contributed by atoms with E-state index in [0.29, 0.717) is 19.3 Å². The van der Waals surface area contributed by atoms with Gasteiger partial charge in [-0.15, -0.1) is 6.58 Å². The maximum Gasteiger partial charge on any atom is 0.305 e. The van der Waals surface area contributed by atoms with Gasteiger partial charge in [0.1, 0.15) is 0 Å². The fraction of sp³-hybridized carbons (Fsp3) is 0.667. The van der Waals surface area contributed by atoms with Crippen molar-refractivity contribution in [2.75, 3.05) is 6.54 Å². The fourth-order valence-electron chi connectivity index (χ4n) is 1.65. The summed E-state index contributed by atoms with van der Waals surface area (Å²) in [6.07, 6.45) is 3.08. The minimum atomic E-state index is -0.957. The van der Waals surface area contributed by atoms with Crippen molar-refractivity contribution in [3.05, 3.63) is 23.1 Å². The summed E-state index contributed by atoms with van der Waals surface area (Å²) in [5.74, 6) is -1.53. The Morgan fingerprint density at radius 2 is 2.26 bits per heavy atom. The van der Waals surface area contributed by atoms with Gasteiger partial charge in [-0.2, -0.15) is 0 Å². The summed E-state index contributed by atoms with van der Waals surface area (Å²) in [6, 6.07) is -0.236. The zero-order valence-corrected chi connectivity index (χ0v) is 11.1. The molecule has 0 aromatic rings. The molecule has 2 N–H and O–H groups in total. The number of hydrogen-bond acceptors (Lipinski definition) is 3. The smallest absolute Gasteiger partial charge is 0.305 e. The predicted molar refractivity (Wildman–Crippen MR) is 71.4 cm³/mol. The summed E-state index contributed by atoms with van der Waals surface area (Å²) in [5.41, 5.74) is 8.42.